The predicted molar refractivity (Wildman–Crippen MR) is 201 cm³/mol. The molecule has 2 heterocycles. The van der Waals surface area contributed by atoms with Crippen molar-refractivity contribution in [2.24, 2.45) is 0 Å². The first-order valence-corrected chi connectivity index (χ1v) is 16.7. The molecule has 1 aliphatic heterocycles. The second kappa shape index (κ2) is 11.6. The van der Waals surface area contributed by atoms with Crippen LogP contribution in [0.3, 0.4) is 0 Å². The van der Waals surface area contributed by atoms with Gasteiger partial charge >= 0.3 is 0 Å². The number of para-hydroxylation sites is 2. The van der Waals surface area contributed by atoms with Crippen molar-refractivity contribution in [3.8, 4) is 23.9 Å². The highest BCUT2D eigenvalue weighted by Gasteiger charge is 2.46. The fraction of sp³-hybridized carbons (Fsp3) is 0.0217. The number of rotatable bonds is 4. The highest BCUT2D eigenvalue weighted by atomic mass is 15.2. The summed E-state index contributed by atoms with van der Waals surface area (Å²) in [6.07, 6.45) is 0. The SMILES string of the molecule is N#Cc1ccc(C2(c3ccccc3)c3ccccc3N(c3cccc(-n4c5ccc(C#N)cc5c5cc(C#N)ccc54)c3)c3ccccc32)cc1. The smallest absolute Gasteiger partial charge is 0.0991 e. The number of hydrogen-bond donors (Lipinski definition) is 0. The molecule has 1 aromatic heterocycles. The molecule has 0 radical (unpaired) electrons. The number of anilines is 3. The molecular weight excluding hydrogens is 623 g/mol. The zero-order valence-corrected chi connectivity index (χ0v) is 27.3. The maximum Gasteiger partial charge on any atom is 0.0991 e. The second-order valence-electron chi connectivity index (χ2n) is 12.7. The van der Waals surface area contributed by atoms with Crippen LogP contribution in [0.25, 0.3) is 27.5 Å². The van der Waals surface area contributed by atoms with Gasteiger partial charge < -0.3 is 9.47 Å². The Kier molecular flexibility index (Phi) is 6.78. The van der Waals surface area contributed by atoms with Crippen LogP contribution in [-0.2, 0) is 5.41 Å². The molecule has 51 heavy (non-hydrogen) atoms. The fourth-order valence-corrected chi connectivity index (χ4v) is 8.01. The molecule has 236 valence electrons. The lowest BCUT2D eigenvalue weighted by molar-refractivity contribution is 0.731. The summed E-state index contributed by atoms with van der Waals surface area (Å²) in [4.78, 5) is 2.34. The molecular formula is C46H27N5. The highest BCUT2D eigenvalue weighted by molar-refractivity contribution is 6.10. The fourth-order valence-electron chi connectivity index (χ4n) is 8.01. The number of nitrogens with zero attached hydrogens (tertiary/aromatic N) is 5. The van der Waals surface area contributed by atoms with Gasteiger partial charge in [0.1, 0.15) is 0 Å². The third-order valence-electron chi connectivity index (χ3n) is 10.1. The lowest BCUT2D eigenvalue weighted by Crippen LogP contribution is -2.37. The summed E-state index contributed by atoms with van der Waals surface area (Å²) in [6.45, 7) is 0. The van der Waals surface area contributed by atoms with Crippen LogP contribution in [0.2, 0.25) is 0 Å². The van der Waals surface area contributed by atoms with Crippen molar-refractivity contribution in [1.29, 1.82) is 15.8 Å². The number of nitriles is 3. The normalized spacial score (nSPS) is 12.8. The van der Waals surface area contributed by atoms with Crippen molar-refractivity contribution in [2.75, 3.05) is 4.90 Å². The van der Waals surface area contributed by atoms with E-state index in [4.69, 9.17) is 0 Å². The summed E-state index contributed by atoms with van der Waals surface area (Å²) in [6, 6.07) is 62.7. The van der Waals surface area contributed by atoms with Crippen molar-refractivity contribution >= 4 is 38.9 Å². The summed E-state index contributed by atoms with van der Waals surface area (Å²) in [5.74, 6) is 0. The summed E-state index contributed by atoms with van der Waals surface area (Å²) >= 11 is 0. The molecule has 5 heteroatoms. The standard InChI is InChI=1S/C46H27N5/c47-28-31-17-21-35(22-18-31)46(34-9-2-1-3-10-34)40-13-4-6-15-44(40)51(45-16-7-5-14-41(45)46)37-12-8-11-36(27-37)50-42-23-19-32(29-48)25-38(42)39-26-33(30-49)20-24-43(39)50/h1-27H. The molecule has 0 fully saturated rings. The van der Waals surface area contributed by atoms with E-state index < -0.39 is 5.41 Å². The van der Waals surface area contributed by atoms with Gasteiger partial charge in [0.05, 0.1) is 62.7 Å². The minimum absolute atomic E-state index is 0.573. The molecule has 8 aromatic rings. The lowest BCUT2D eigenvalue weighted by Gasteiger charge is -2.46. The van der Waals surface area contributed by atoms with E-state index in [1.54, 1.807) is 0 Å². The van der Waals surface area contributed by atoms with Crippen molar-refractivity contribution in [3.05, 3.63) is 203 Å². The second-order valence-corrected chi connectivity index (χ2v) is 12.7. The maximum atomic E-state index is 9.71. The van der Waals surface area contributed by atoms with E-state index in [1.807, 2.05) is 54.6 Å². The Balaban J connectivity index is 1.31. The molecule has 0 amide bonds. The van der Waals surface area contributed by atoms with E-state index in [0.717, 1.165) is 66.8 Å². The Morgan fingerprint density at radius 3 is 1.47 bits per heavy atom. The Morgan fingerprint density at radius 2 is 0.902 bits per heavy atom. The van der Waals surface area contributed by atoms with Crippen LogP contribution in [0.4, 0.5) is 17.1 Å². The average molecular weight is 650 g/mol. The van der Waals surface area contributed by atoms with Gasteiger partial charge in [-0.2, -0.15) is 15.8 Å². The van der Waals surface area contributed by atoms with Crippen molar-refractivity contribution < 1.29 is 0 Å². The van der Waals surface area contributed by atoms with Crippen LogP contribution in [0, 0.1) is 34.0 Å². The summed E-state index contributed by atoms with van der Waals surface area (Å²) < 4.78 is 2.21. The van der Waals surface area contributed by atoms with Gasteiger partial charge in [0, 0.05) is 22.1 Å². The van der Waals surface area contributed by atoms with Gasteiger partial charge in [-0.3, -0.25) is 0 Å². The molecule has 0 saturated carbocycles. The Bertz CT molecular complexity index is 2670. The van der Waals surface area contributed by atoms with Gasteiger partial charge in [0.15, 0.2) is 0 Å². The Morgan fingerprint density at radius 1 is 0.412 bits per heavy atom. The minimum atomic E-state index is -0.653. The average Bonchev–Trinajstić information content (AvgIpc) is 3.53. The van der Waals surface area contributed by atoms with Crippen LogP contribution < -0.4 is 4.90 Å². The van der Waals surface area contributed by atoms with Gasteiger partial charge in [0.25, 0.3) is 0 Å². The van der Waals surface area contributed by atoms with Crippen LogP contribution in [0.5, 0.6) is 0 Å². The van der Waals surface area contributed by atoms with Crippen LogP contribution in [0.1, 0.15) is 38.9 Å². The number of fused-ring (bicyclic) bond motifs is 5. The minimum Gasteiger partial charge on any atom is -0.310 e. The van der Waals surface area contributed by atoms with E-state index in [0.29, 0.717) is 16.7 Å². The summed E-state index contributed by atoms with van der Waals surface area (Å²) in [7, 11) is 0. The summed E-state index contributed by atoms with van der Waals surface area (Å²) in [5.41, 5.74) is 11.6. The molecule has 9 rings (SSSR count). The van der Waals surface area contributed by atoms with E-state index in [1.165, 1.54) is 0 Å². The quantitative estimate of drug-likeness (QED) is 0.190. The molecule has 1 aliphatic rings. The maximum absolute atomic E-state index is 9.71. The van der Waals surface area contributed by atoms with Gasteiger partial charge in [-0.05, 0) is 101 Å². The molecule has 0 bridgehead atoms. The van der Waals surface area contributed by atoms with Crippen molar-refractivity contribution in [3.63, 3.8) is 0 Å². The van der Waals surface area contributed by atoms with Crippen molar-refractivity contribution in [2.45, 2.75) is 5.41 Å². The van der Waals surface area contributed by atoms with Gasteiger partial charge in [-0.1, -0.05) is 84.9 Å². The van der Waals surface area contributed by atoms with E-state index in [2.05, 4.69) is 137 Å². The highest BCUT2D eigenvalue weighted by Crippen LogP contribution is 2.57. The molecule has 7 aromatic carbocycles. The predicted octanol–water partition coefficient (Wildman–Crippen LogP) is 10.6. The van der Waals surface area contributed by atoms with Gasteiger partial charge in [-0.25, -0.2) is 0 Å². The monoisotopic (exact) mass is 649 g/mol. The molecule has 0 unspecified atom stereocenters. The number of benzene rings is 7. The van der Waals surface area contributed by atoms with Crippen LogP contribution in [-0.4, -0.2) is 4.57 Å². The first kappa shape index (κ1) is 29.7. The first-order chi connectivity index (χ1) is 25.1. The molecule has 0 spiro atoms. The van der Waals surface area contributed by atoms with Crippen LogP contribution >= 0.6 is 0 Å². The lowest BCUT2D eigenvalue weighted by atomic mass is 9.62. The van der Waals surface area contributed by atoms with Gasteiger partial charge in [0.2, 0.25) is 0 Å². The third-order valence-corrected chi connectivity index (χ3v) is 10.1. The third kappa shape index (κ3) is 4.38. The molecule has 0 aliphatic carbocycles. The zero-order valence-electron chi connectivity index (χ0n) is 27.3. The molecule has 0 saturated heterocycles. The Hall–Kier alpha value is -7.39. The molecule has 5 nitrogen and oxygen atoms in total. The number of hydrogen-bond acceptors (Lipinski definition) is 4. The van der Waals surface area contributed by atoms with Crippen LogP contribution in [0.15, 0.2) is 164 Å². The van der Waals surface area contributed by atoms with E-state index >= 15 is 0 Å². The molecule has 0 atom stereocenters. The summed E-state index contributed by atoms with van der Waals surface area (Å²) in [5, 5.41) is 30.9. The van der Waals surface area contributed by atoms with E-state index in [9.17, 15) is 15.8 Å². The number of aromatic nitrogens is 1. The topological polar surface area (TPSA) is 79.5 Å². The van der Waals surface area contributed by atoms with Crippen molar-refractivity contribution in [1.82, 2.24) is 4.57 Å². The largest absolute Gasteiger partial charge is 0.310 e. The molecule has 0 N–H and O–H groups in total. The zero-order chi connectivity index (χ0) is 34.5. The Labute approximate surface area is 295 Å². The van der Waals surface area contributed by atoms with E-state index in [-0.39, 0.29) is 0 Å². The first-order valence-electron chi connectivity index (χ1n) is 16.7. The van der Waals surface area contributed by atoms with Gasteiger partial charge in [-0.15, -0.1) is 0 Å².